The van der Waals surface area contributed by atoms with Crippen molar-refractivity contribution in [1.82, 2.24) is 10.2 Å². The molecule has 3 N–H and O–H groups in total. The number of hydrogen-bond acceptors (Lipinski definition) is 5. The highest BCUT2D eigenvalue weighted by Crippen LogP contribution is 2.44. The summed E-state index contributed by atoms with van der Waals surface area (Å²) in [6.45, 7) is 0.259. The van der Waals surface area contributed by atoms with Crippen LogP contribution in [0.2, 0.25) is 0 Å². The minimum Gasteiger partial charge on any atom is -0.480 e. The number of carboxylic acids is 1. The van der Waals surface area contributed by atoms with Gasteiger partial charge < -0.3 is 25.2 Å². The number of aliphatic hydroxyl groups excluding tert-OH is 1. The molecule has 3 aliphatic rings. The van der Waals surface area contributed by atoms with Gasteiger partial charge in [-0.1, -0.05) is 55.0 Å². The third kappa shape index (κ3) is 4.62. The topological polar surface area (TPSA) is 116 Å². The highest BCUT2D eigenvalue weighted by atomic mass is 16.5. The second-order valence-corrected chi connectivity index (χ2v) is 9.76. The van der Waals surface area contributed by atoms with Crippen LogP contribution in [0.5, 0.6) is 0 Å². The normalized spacial score (nSPS) is 25.2. The first-order valence-electron chi connectivity index (χ1n) is 12.2. The minimum absolute atomic E-state index is 0.0244. The van der Waals surface area contributed by atoms with Gasteiger partial charge >= 0.3 is 12.1 Å². The van der Waals surface area contributed by atoms with Crippen LogP contribution in [0, 0.1) is 5.92 Å². The number of likely N-dealkylation sites (tertiary alicyclic amines) is 1. The molecule has 184 valence electrons. The summed E-state index contributed by atoms with van der Waals surface area (Å²) in [6, 6.07) is 15.1. The van der Waals surface area contributed by atoms with Crippen molar-refractivity contribution in [3.8, 4) is 11.1 Å². The zero-order valence-electron chi connectivity index (χ0n) is 19.4. The SMILES string of the molecule is O=C(NC1CCCC1CC(=O)N1CC(O)C[C@H]1C(=O)O)OCC1c2ccccc2-c2ccccc21. The summed E-state index contributed by atoms with van der Waals surface area (Å²) < 4.78 is 5.66. The number of benzene rings is 2. The van der Waals surface area contributed by atoms with E-state index < -0.39 is 24.2 Å². The standard InChI is InChI=1S/C27H30N2O6/c30-17-13-24(26(32)33)29(14-17)25(31)12-16-6-5-11-23(16)28-27(34)35-15-22-20-9-3-1-7-18(20)19-8-2-4-10-21(19)22/h1-4,7-10,16-17,22-24,30H,5-6,11-15H2,(H,28,34)(H,32,33)/t16?,17?,23?,24-/m0/s1. The third-order valence-electron chi connectivity index (χ3n) is 7.63. The number of alkyl carbamates (subject to hydrolysis) is 1. The largest absolute Gasteiger partial charge is 0.480 e. The number of nitrogens with zero attached hydrogens (tertiary/aromatic N) is 1. The van der Waals surface area contributed by atoms with Gasteiger partial charge in [0, 0.05) is 31.3 Å². The Hall–Kier alpha value is -3.39. The van der Waals surface area contributed by atoms with Gasteiger partial charge in [0.2, 0.25) is 5.91 Å². The summed E-state index contributed by atoms with van der Waals surface area (Å²) in [7, 11) is 0. The van der Waals surface area contributed by atoms with Crippen LogP contribution in [0.1, 0.15) is 49.1 Å². The number of carboxylic acid groups (broad SMARTS) is 1. The van der Waals surface area contributed by atoms with E-state index in [-0.39, 0.29) is 49.8 Å². The first-order valence-corrected chi connectivity index (χ1v) is 12.2. The number of carbonyl (C=O) groups is 3. The first-order chi connectivity index (χ1) is 16.9. The van der Waals surface area contributed by atoms with E-state index in [1.165, 1.54) is 4.90 Å². The van der Waals surface area contributed by atoms with Crippen molar-refractivity contribution < 1.29 is 29.3 Å². The molecule has 3 unspecified atom stereocenters. The van der Waals surface area contributed by atoms with Gasteiger partial charge in [-0.2, -0.15) is 0 Å². The number of carbonyl (C=O) groups excluding carboxylic acids is 2. The maximum absolute atomic E-state index is 12.8. The van der Waals surface area contributed by atoms with Crippen LogP contribution in [-0.4, -0.2) is 64.4 Å². The predicted octanol–water partition coefficient (Wildman–Crippen LogP) is 3.13. The molecule has 1 saturated heterocycles. The summed E-state index contributed by atoms with van der Waals surface area (Å²) in [5.41, 5.74) is 4.62. The summed E-state index contributed by atoms with van der Waals surface area (Å²) in [5, 5.41) is 22.2. The Labute approximate surface area is 203 Å². The van der Waals surface area contributed by atoms with E-state index in [4.69, 9.17) is 4.74 Å². The quantitative estimate of drug-likeness (QED) is 0.588. The van der Waals surface area contributed by atoms with Crippen LogP contribution >= 0.6 is 0 Å². The molecule has 0 radical (unpaired) electrons. The highest BCUT2D eigenvalue weighted by molar-refractivity contribution is 5.84. The van der Waals surface area contributed by atoms with Crippen molar-refractivity contribution in [2.45, 2.75) is 56.2 Å². The Morgan fingerprint density at radius 3 is 2.31 bits per heavy atom. The van der Waals surface area contributed by atoms with Gasteiger partial charge in [-0.3, -0.25) is 4.79 Å². The van der Waals surface area contributed by atoms with Gasteiger partial charge in [-0.15, -0.1) is 0 Å². The third-order valence-corrected chi connectivity index (χ3v) is 7.63. The van der Waals surface area contributed by atoms with E-state index in [1.807, 2.05) is 24.3 Å². The lowest BCUT2D eigenvalue weighted by Crippen LogP contribution is -2.44. The van der Waals surface area contributed by atoms with Crippen LogP contribution in [0.4, 0.5) is 4.79 Å². The van der Waals surface area contributed by atoms with Crippen LogP contribution < -0.4 is 5.32 Å². The highest BCUT2D eigenvalue weighted by Gasteiger charge is 2.41. The molecule has 8 heteroatoms. The van der Waals surface area contributed by atoms with E-state index in [2.05, 4.69) is 29.6 Å². The summed E-state index contributed by atoms with van der Waals surface area (Å²) >= 11 is 0. The molecule has 2 aliphatic carbocycles. The molecule has 0 spiro atoms. The number of nitrogens with one attached hydrogen (secondary N) is 1. The van der Waals surface area contributed by atoms with Gasteiger partial charge in [0.05, 0.1) is 6.10 Å². The Bertz CT molecular complexity index is 1090. The minimum atomic E-state index is -1.10. The van der Waals surface area contributed by atoms with Crippen molar-refractivity contribution in [3.05, 3.63) is 59.7 Å². The van der Waals surface area contributed by atoms with Gasteiger partial charge in [-0.05, 0) is 41.0 Å². The second-order valence-electron chi connectivity index (χ2n) is 9.76. The van der Waals surface area contributed by atoms with Crippen LogP contribution in [-0.2, 0) is 14.3 Å². The molecule has 35 heavy (non-hydrogen) atoms. The number of fused-ring (bicyclic) bond motifs is 3. The van der Waals surface area contributed by atoms with Gasteiger partial charge in [-0.25, -0.2) is 9.59 Å². The zero-order chi connectivity index (χ0) is 24.5. The van der Waals surface area contributed by atoms with Gasteiger partial charge in [0.25, 0.3) is 0 Å². The second kappa shape index (κ2) is 9.70. The smallest absolute Gasteiger partial charge is 0.407 e. The molecule has 2 amide bonds. The lowest BCUT2D eigenvalue weighted by molar-refractivity contribution is -0.148. The maximum atomic E-state index is 12.8. The fraction of sp³-hybridized carbons (Fsp3) is 0.444. The molecule has 5 rings (SSSR count). The summed E-state index contributed by atoms with van der Waals surface area (Å²) in [4.78, 5) is 38.3. The summed E-state index contributed by atoms with van der Waals surface area (Å²) in [5.74, 6) is -1.51. The lowest BCUT2D eigenvalue weighted by Gasteiger charge is -2.26. The van der Waals surface area contributed by atoms with E-state index >= 15 is 0 Å². The lowest BCUT2D eigenvalue weighted by atomic mass is 9.98. The Balaban J connectivity index is 1.18. The van der Waals surface area contributed by atoms with Crippen molar-refractivity contribution in [1.29, 1.82) is 0 Å². The van der Waals surface area contributed by atoms with Crippen molar-refractivity contribution >= 4 is 18.0 Å². The number of rotatable bonds is 6. The number of ether oxygens (including phenoxy) is 1. The zero-order valence-corrected chi connectivity index (χ0v) is 19.4. The monoisotopic (exact) mass is 478 g/mol. The molecule has 2 aromatic rings. The molecule has 0 aromatic heterocycles. The Kier molecular flexibility index (Phi) is 6.47. The molecule has 4 atom stereocenters. The molecule has 0 bridgehead atoms. The van der Waals surface area contributed by atoms with Crippen molar-refractivity contribution in [2.24, 2.45) is 5.92 Å². The summed E-state index contributed by atoms with van der Waals surface area (Å²) in [6.07, 6.45) is 1.26. The van der Waals surface area contributed by atoms with Crippen molar-refractivity contribution in [2.75, 3.05) is 13.2 Å². The fourth-order valence-corrected chi connectivity index (χ4v) is 5.93. The van der Waals surface area contributed by atoms with Crippen LogP contribution in [0.25, 0.3) is 11.1 Å². The van der Waals surface area contributed by atoms with E-state index in [0.717, 1.165) is 41.5 Å². The number of amides is 2. The molecule has 2 aromatic carbocycles. The molecule has 1 aliphatic heterocycles. The number of aliphatic carboxylic acids is 1. The number of hydrogen-bond donors (Lipinski definition) is 3. The van der Waals surface area contributed by atoms with E-state index in [1.54, 1.807) is 0 Å². The predicted molar refractivity (Wildman–Crippen MR) is 128 cm³/mol. The Morgan fingerprint density at radius 2 is 1.66 bits per heavy atom. The molecular weight excluding hydrogens is 448 g/mol. The van der Waals surface area contributed by atoms with Crippen LogP contribution in [0.3, 0.4) is 0 Å². The Morgan fingerprint density at radius 1 is 1.00 bits per heavy atom. The number of β-amino-alcohol motifs (C(OH)–C–C–N with tert-alkyl or cyclic N) is 1. The van der Waals surface area contributed by atoms with E-state index in [0.29, 0.717) is 0 Å². The molecule has 8 nitrogen and oxygen atoms in total. The first kappa shape index (κ1) is 23.4. The van der Waals surface area contributed by atoms with Gasteiger partial charge in [0.1, 0.15) is 12.6 Å². The number of aliphatic hydroxyl groups is 1. The molecular formula is C27H30N2O6. The molecule has 2 fully saturated rings. The van der Waals surface area contributed by atoms with Crippen molar-refractivity contribution in [3.63, 3.8) is 0 Å². The van der Waals surface area contributed by atoms with E-state index in [9.17, 15) is 24.6 Å². The maximum Gasteiger partial charge on any atom is 0.407 e. The van der Waals surface area contributed by atoms with Crippen LogP contribution in [0.15, 0.2) is 48.5 Å². The average molecular weight is 479 g/mol. The van der Waals surface area contributed by atoms with Gasteiger partial charge in [0.15, 0.2) is 0 Å². The average Bonchev–Trinajstić information content (AvgIpc) is 3.54. The fourth-order valence-electron chi connectivity index (χ4n) is 5.93. The molecule has 1 saturated carbocycles. The molecule has 1 heterocycles.